The number of phenols is 1. The number of hydrogen-bond donors (Lipinski definition) is 1. The van der Waals surface area contributed by atoms with Gasteiger partial charge in [-0.05, 0) is 24.4 Å². The first-order chi connectivity index (χ1) is 11.5. The van der Waals surface area contributed by atoms with Crippen molar-refractivity contribution in [2.24, 2.45) is 0 Å². The van der Waals surface area contributed by atoms with Gasteiger partial charge in [0.05, 0.1) is 32.3 Å². The Kier molecular flexibility index (Phi) is 4.24. The molecule has 0 fully saturated rings. The second-order valence-corrected chi connectivity index (χ2v) is 5.77. The fraction of sp³-hybridized carbons (Fsp3) is 0.389. The molecule has 2 unspecified atom stereocenters. The Balaban J connectivity index is 2.27. The number of rotatable bonds is 3. The number of hydrogen-bond acceptors (Lipinski definition) is 6. The first-order valence-electron chi connectivity index (χ1n) is 7.65. The highest BCUT2D eigenvalue weighted by atomic mass is 16.6. The SMILES string of the molecule is COc1cc(OC)c2c(O)c3c(cc2c1)C(OC(C)=O)C(C)OC3. The Labute approximate surface area is 139 Å². The fourth-order valence-electron chi connectivity index (χ4n) is 3.10. The summed E-state index contributed by atoms with van der Waals surface area (Å²) in [6, 6.07) is 5.41. The molecule has 3 rings (SSSR count). The number of carbonyl (C=O) groups excluding carboxylic acids is 1. The molecule has 1 aliphatic rings. The standard InChI is InChI=1S/C18H20O6/c1-9-18(24-10(2)19)13-6-11-5-12(21-3)7-15(22-4)16(11)17(20)14(13)8-23-9/h5-7,9,18,20H,8H2,1-4H3. The molecule has 0 spiro atoms. The van der Waals surface area contributed by atoms with Crippen LogP contribution in [-0.2, 0) is 20.9 Å². The first-order valence-corrected chi connectivity index (χ1v) is 7.65. The molecular weight excluding hydrogens is 312 g/mol. The smallest absolute Gasteiger partial charge is 0.303 e. The number of ether oxygens (including phenoxy) is 4. The number of phenolic OH excluding ortho intramolecular Hbond substituents is 1. The van der Waals surface area contributed by atoms with Gasteiger partial charge in [-0.3, -0.25) is 4.79 Å². The first kappa shape index (κ1) is 16.4. The summed E-state index contributed by atoms with van der Waals surface area (Å²) in [5.74, 6) is 0.798. The van der Waals surface area contributed by atoms with Gasteiger partial charge >= 0.3 is 5.97 Å². The quantitative estimate of drug-likeness (QED) is 0.871. The van der Waals surface area contributed by atoms with Crippen molar-refractivity contribution in [3.8, 4) is 17.2 Å². The van der Waals surface area contributed by atoms with Crippen molar-refractivity contribution in [1.29, 1.82) is 0 Å². The van der Waals surface area contributed by atoms with Gasteiger partial charge in [0.25, 0.3) is 0 Å². The zero-order valence-corrected chi connectivity index (χ0v) is 14.1. The topological polar surface area (TPSA) is 74.2 Å². The molecule has 128 valence electrons. The molecule has 6 nitrogen and oxygen atoms in total. The Morgan fingerprint density at radius 2 is 2.00 bits per heavy atom. The fourth-order valence-corrected chi connectivity index (χ4v) is 3.10. The summed E-state index contributed by atoms with van der Waals surface area (Å²) in [5.41, 5.74) is 1.35. The summed E-state index contributed by atoms with van der Waals surface area (Å²) in [6.45, 7) is 3.43. The highest BCUT2D eigenvalue weighted by Crippen LogP contribution is 2.45. The molecule has 0 radical (unpaired) electrons. The second-order valence-electron chi connectivity index (χ2n) is 5.77. The van der Waals surface area contributed by atoms with E-state index in [0.717, 1.165) is 10.9 Å². The van der Waals surface area contributed by atoms with Gasteiger partial charge in [-0.2, -0.15) is 0 Å². The number of esters is 1. The third-order valence-corrected chi connectivity index (χ3v) is 4.26. The molecule has 1 heterocycles. The van der Waals surface area contributed by atoms with Crippen molar-refractivity contribution >= 4 is 16.7 Å². The summed E-state index contributed by atoms with van der Waals surface area (Å²) in [6.07, 6.45) is -0.871. The van der Waals surface area contributed by atoms with E-state index < -0.39 is 12.1 Å². The van der Waals surface area contributed by atoms with Gasteiger partial charge in [0, 0.05) is 24.1 Å². The molecule has 2 aromatic carbocycles. The lowest BCUT2D eigenvalue weighted by atomic mass is 9.91. The van der Waals surface area contributed by atoms with Crippen LogP contribution in [-0.4, -0.2) is 31.4 Å². The second kappa shape index (κ2) is 6.20. The molecule has 0 amide bonds. The maximum atomic E-state index is 11.4. The van der Waals surface area contributed by atoms with Crippen LogP contribution < -0.4 is 9.47 Å². The number of fused-ring (bicyclic) bond motifs is 2. The molecule has 1 aliphatic heterocycles. The number of carbonyl (C=O) groups is 1. The molecule has 1 N–H and O–H groups in total. The molecule has 24 heavy (non-hydrogen) atoms. The van der Waals surface area contributed by atoms with Crippen molar-refractivity contribution < 1.29 is 28.8 Å². The predicted octanol–water partition coefficient (Wildman–Crippen LogP) is 3.09. The monoisotopic (exact) mass is 332 g/mol. The van der Waals surface area contributed by atoms with E-state index in [1.54, 1.807) is 13.2 Å². The summed E-state index contributed by atoms with van der Waals surface area (Å²) in [4.78, 5) is 11.4. The lowest BCUT2D eigenvalue weighted by molar-refractivity contribution is -0.157. The van der Waals surface area contributed by atoms with E-state index in [9.17, 15) is 9.90 Å². The summed E-state index contributed by atoms with van der Waals surface area (Å²) in [5, 5.41) is 12.1. The molecule has 0 aliphatic carbocycles. The van der Waals surface area contributed by atoms with Gasteiger partial charge in [-0.1, -0.05) is 0 Å². The van der Waals surface area contributed by atoms with E-state index in [1.165, 1.54) is 14.0 Å². The minimum Gasteiger partial charge on any atom is -0.507 e. The Morgan fingerprint density at radius 3 is 2.62 bits per heavy atom. The van der Waals surface area contributed by atoms with Crippen LogP contribution >= 0.6 is 0 Å². The van der Waals surface area contributed by atoms with Crippen LogP contribution in [0, 0.1) is 0 Å². The van der Waals surface area contributed by atoms with Crippen LogP contribution in [0.5, 0.6) is 17.2 Å². The van der Waals surface area contributed by atoms with Gasteiger partial charge < -0.3 is 24.1 Å². The third-order valence-electron chi connectivity index (χ3n) is 4.26. The minimum atomic E-state index is -0.571. The van der Waals surface area contributed by atoms with E-state index in [4.69, 9.17) is 18.9 Å². The molecule has 0 saturated carbocycles. The number of methoxy groups -OCH3 is 2. The lowest BCUT2D eigenvalue weighted by Crippen LogP contribution is -2.28. The van der Waals surface area contributed by atoms with Crippen LogP contribution in [0.25, 0.3) is 10.8 Å². The molecule has 2 aromatic rings. The van der Waals surface area contributed by atoms with Crippen LogP contribution in [0.2, 0.25) is 0 Å². The van der Waals surface area contributed by atoms with E-state index in [-0.39, 0.29) is 18.5 Å². The number of benzene rings is 2. The largest absolute Gasteiger partial charge is 0.507 e. The van der Waals surface area contributed by atoms with Crippen molar-refractivity contribution in [3.05, 3.63) is 29.3 Å². The van der Waals surface area contributed by atoms with Crippen molar-refractivity contribution in [2.75, 3.05) is 14.2 Å². The van der Waals surface area contributed by atoms with Crippen molar-refractivity contribution in [3.63, 3.8) is 0 Å². The Hall–Kier alpha value is -2.47. The highest BCUT2D eigenvalue weighted by molar-refractivity contribution is 5.96. The van der Waals surface area contributed by atoms with Crippen LogP contribution in [0.3, 0.4) is 0 Å². The van der Waals surface area contributed by atoms with Crippen molar-refractivity contribution in [2.45, 2.75) is 32.7 Å². The van der Waals surface area contributed by atoms with E-state index in [0.29, 0.717) is 22.4 Å². The Morgan fingerprint density at radius 1 is 1.25 bits per heavy atom. The normalized spacial score (nSPS) is 19.7. The Bertz CT molecular complexity index is 798. The van der Waals surface area contributed by atoms with Crippen molar-refractivity contribution in [1.82, 2.24) is 0 Å². The molecule has 0 saturated heterocycles. The predicted molar refractivity (Wildman–Crippen MR) is 87.5 cm³/mol. The third kappa shape index (κ3) is 2.63. The van der Waals surface area contributed by atoms with E-state index in [1.807, 2.05) is 19.1 Å². The van der Waals surface area contributed by atoms with Gasteiger partial charge in [-0.25, -0.2) is 0 Å². The maximum absolute atomic E-state index is 11.4. The van der Waals surface area contributed by atoms with Gasteiger partial charge in [0.1, 0.15) is 17.2 Å². The van der Waals surface area contributed by atoms with E-state index >= 15 is 0 Å². The molecule has 2 atom stereocenters. The lowest BCUT2D eigenvalue weighted by Gasteiger charge is -2.32. The van der Waals surface area contributed by atoms with E-state index in [2.05, 4.69) is 0 Å². The number of aromatic hydroxyl groups is 1. The van der Waals surface area contributed by atoms with Crippen LogP contribution in [0.1, 0.15) is 31.1 Å². The van der Waals surface area contributed by atoms with Gasteiger partial charge in [0.2, 0.25) is 0 Å². The summed E-state index contributed by atoms with van der Waals surface area (Å²) < 4.78 is 21.8. The molecule has 6 heteroatoms. The molecule has 0 aromatic heterocycles. The summed E-state index contributed by atoms with van der Waals surface area (Å²) in [7, 11) is 3.10. The molecule has 0 bridgehead atoms. The zero-order chi connectivity index (χ0) is 17.4. The highest BCUT2D eigenvalue weighted by Gasteiger charge is 2.33. The van der Waals surface area contributed by atoms with Gasteiger partial charge in [-0.15, -0.1) is 0 Å². The average Bonchev–Trinajstić information content (AvgIpc) is 2.56. The van der Waals surface area contributed by atoms with Crippen LogP contribution in [0.4, 0.5) is 0 Å². The summed E-state index contributed by atoms with van der Waals surface area (Å²) >= 11 is 0. The van der Waals surface area contributed by atoms with Gasteiger partial charge in [0.15, 0.2) is 6.10 Å². The maximum Gasteiger partial charge on any atom is 0.303 e. The average molecular weight is 332 g/mol. The van der Waals surface area contributed by atoms with Crippen LogP contribution in [0.15, 0.2) is 18.2 Å². The minimum absolute atomic E-state index is 0.0751. The molecular formula is C18H20O6. The zero-order valence-electron chi connectivity index (χ0n) is 14.1.